The Kier molecular flexibility index (Phi) is 6.11. The molecule has 3 heteroatoms. The van der Waals surface area contributed by atoms with Gasteiger partial charge in [-0.15, -0.1) is 23.5 Å². The molecule has 3 aromatic rings. The molecule has 0 spiro atoms. The van der Waals surface area contributed by atoms with Gasteiger partial charge in [0, 0.05) is 9.79 Å². The Bertz CT molecular complexity index is 780. The minimum Gasteiger partial charge on any atom is -0.497 e. The number of hydrogen-bond acceptors (Lipinski definition) is 3. The van der Waals surface area contributed by atoms with Crippen LogP contribution in [-0.4, -0.2) is 7.11 Å². The Morgan fingerprint density at radius 2 is 1.16 bits per heavy atom. The van der Waals surface area contributed by atoms with Crippen LogP contribution in [0.4, 0.5) is 0 Å². The maximum absolute atomic E-state index is 5.31. The van der Waals surface area contributed by atoms with E-state index in [9.17, 15) is 0 Å². The van der Waals surface area contributed by atoms with Crippen molar-refractivity contribution < 1.29 is 4.74 Å². The van der Waals surface area contributed by atoms with Crippen molar-refractivity contribution in [2.24, 2.45) is 0 Å². The predicted molar refractivity (Wildman–Crippen MR) is 110 cm³/mol. The highest BCUT2D eigenvalue weighted by Gasteiger charge is 2.17. The minimum absolute atomic E-state index is 0.285. The first-order valence-electron chi connectivity index (χ1n) is 8.26. The van der Waals surface area contributed by atoms with E-state index in [1.54, 1.807) is 7.11 Å². The molecule has 0 amide bonds. The van der Waals surface area contributed by atoms with Gasteiger partial charge in [-0.1, -0.05) is 48.5 Å². The van der Waals surface area contributed by atoms with Crippen molar-refractivity contribution in [1.82, 2.24) is 0 Å². The molecule has 0 saturated carbocycles. The van der Waals surface area contributed by atoms with Crippen LogP contribution >= 0.6 is 23.5 Å². The quantitative estimate of drug-likeness (QED) is 0.347. The van der Waals surface area contributed by atoms with Crippen molar-refractivity contribution in [3.63, 3.8) is 0 Å². The first kappa shape index (κ1) is 18.0. The summed E-state index contributed by atoms with van der Waals surface area (Å²) >= 11 is 3.82. The molecule has 0 radical (unpaired) electrons. The lowest BCUT2D eigenvalue weighted by Crippen LogP contribution is -1.93. The zero-order chi connectivity index (χ0) is 17.6. The van der Waals surface area contributed by atoms with Crippen LogP contribution in [0, 0.1) is 13.8 Å². The average molecular weight is 367 g/mol. The molecule has 3 rings (SSSR count). The van der Waals surface area contributed by atoms with E-state index in [0.717, 1.165) is 5.75 Å². The second-order valence-electron chi connectivity index (χ2n) is 5.87. The van der Waals surface area contributed by atoms with Crippen LogP contribution in [0.25, 0.3) is 0 Å². The molecule has 0 saturated heterocycles. The van der Waals surface area contributed by atoms with Gasteiger partial charge in [0.1, 0.15) is 5.75 Å². The molecular formula is C22H22OS2. The number of hydrogen-bond donors (Lipinski definition) is 0. The maximum Gasteiger partial charge on any atom is 0.118 e. The number of methoxy groups -OCH3 is 1. The van der Waals surface area contributed by atoms with Crippen LogP contribution < -0.4 is 4.74 Å². The summed E-state index contributed by atoms with van der Waals surface area (Å²) in [6.07, 6.45) is 0. The number of aryl methyl sites for hydroxylation is 2. The summed E-state index contributed by atoms with van der Waals surface area (Å²) in [5.41, 5.74) is 3.93. The van der Waals surface area contributed by atoms with Crippen LogP contribution in [0.5, 0.6) is 5.75 Å². The van der Waals surface area contributed by atoms with Crippen molar-refractivity contribution in [2.75, 3.05) is 7.11 Å². The molecule has 128 valence electrons. The highest BCUT2D eigenvalue weighted by atomic mass is 32.2. The van der Waals surface area contributed by atoms with Gasteiger partial charge < -0.3 is 4.74 Å². The Morgan fingerprint density at radius 3 is 1.60 bits per heavy atom. The zero-order valence-electron chi connectivity index (χ0n) is 14.7. The second kappa shape index (κ2) is 8.50. The summed E-state index contributed by atoms with van der Waals surface area (Å²) in [6.45, 7) is 4.34. The van der Waals surface area contributed by atoms with E-state index in [0.29, 0.717) is 0 Å². The topological polar surface area (TPSA) is 9.23 Å². The molecule has 0 heterocycles. The van der Waals surface area contributed by atoms with Crippen molar-refractivity contribution in [3.8, 4) is 5.75 Å². The molecule has 0 N–H and O–H groups in total. The molecule has 0 bridgehead atoms. The SMILES string of the molecule is COc1ccc(C(Sc2ccccc2C)Sc2ccccc2C)cc1. The number of thioether (sulfide) groups is 2. The third kappa shape index (κ3) is 4.62. The van der Waals surface area contributed by atoms with E-state index >= 15 is 0 Å². The lowest BCUT2D eigenvalue weighted by Gasteiger charge is -2.19. The Balaban J connectivity index is 1.92. The lowest BCUT2D eigenvalue weighted by atomic mass is 10.2. The van der Waals surface area contributed by atoms with E-state index in [-0.39, 0.29) is 4.58 Å². The number of benzene rings is 3. The van der Waals surface area contributed by atoms with Gasteiger partial charge in [-0.3, -0.25) is 0 Å². The van der Waals surface area contributed by atoms with Crippen LogP contribution in [0.2, 0.25) is 0 Å². The van der Waals surface area contributed by atoms with Crippen molar-refractivity contribution >= 4 is 23.5 Å². The Hall–Kier alpha value is -1.84. The molecule has 3 aromatic carbocycles. The van der Waals surface area contributed by atoms with Gasteiger partial charge in [-0.05, 0) is 54.8 Å². The minimum atomic E-state index is 0.285. The molecule has 1 nitrogen and oxygen atoms in total. The predicted octanol–water partition coefficient (Wildman–Crippen LogP) is 6.90. The van der Waals surface area contributed by atoms with Crippen molar-refractivity contribution in [2.45, 2.75) is 28.2 Å². The molecule has 25 heavy (non-hydrogen) atoms. The smallest absolute Gasteiger partial charge is 0.118 e. The van der Waals surface area contributed by atoms with Gasteiger partial charge >= 0.3 is 0 Å². The highest BCUT2D eigenvalue weighted by Crippen LogP contribution is 2.48. The third-order valence-corrected chi connectivity index (χ3v) is 7.02. The van der Waals surface area contributed by atoms with Crippen LogP contribution in [-0.2, 0) is 0 Å². The first-order chi connectivity index (χ1) is 12.2. The van der Waals surface area contributed by atoms with E-state index in [1.165, 1.54) is 26.5 Å². The summed E-state index contributed by atoms with van der Waals surface area (Å²) < 4.78 is 5.60. The molecule has 0 atom stereocenters. The number of rotatable bonds is 6. The number of ether oxygens (including phenoxy) is 1. The van der Waals surface area contributed by atoms with Crippen molar-refractivity contribution in [1.29, 1.82) is 0 Å². The van der Waals surface area contributed by atoms with Gasteiger partial charge in [0.25, 0.3) is 0 Å². The van der Waals surface area contributed by atoms with Gasteiger partial charge in [0.2, 0.25) is 0 Å². The summed E-state index contributed by atoms with van der Waals surface area (Å²) in [5, 5.41) is 0. The summed E-state index contributed by atoms with van der Waals surface area (Å²) in [6, 6.07) is 25.6. The highest BCUT2D eigenvalue weighted by molar-refractivity contribution is 8.16. The van der Waals surface area contributed by atoms with Crippen molar-refractivity contribution in [3.05, 3.63) is 89.5 Å². The largest absolute Gasteiger partial charge is 0.497 e. The Labute approximate surface area is 158 Å². The normalized spacial score (nSPS) is 10.9. The molecular weight excluding hydrogens is 344 g/mol. The van der Waals surface area contributed by atoms with Crippen LogP contribution in [0.3, 0.4) is 0 Å². The standard InChI is InChI=1S/C22H22OS2/c1-16-8-4-6-10-20(16)24-22(18-12-14-19(23-3)15-13-18)25-21-11-7-5-9-17(21)2/h4-15,22H,1-3H3. The first-order valence-corrected chi connectivity index (χ1v) is 10.0. The molecule has 0 fully saturated rings. The lowest BCUT2D eigenvalue weighted by molar-refractivity contribution is 0.414. The zero-order valence-corrected chi connectivity index (χ0v) is 16.4. The van der Waals surface area contributed by atoms with Gasteiger partial charge in [0.15, 0.2) is 0 Å². The summed E-state index contributed by atoms with van der Waals surface area (Å²) in [7, 11) is 1.71. The molecule has 0 unspecified atom stereocenters. The molecule has 0 aliphatic rings. The molecule has 0 aliphatic heterocycles. The Morgan fingerprint density at radius 1 is 0.680 bits per heavy atom. The van der Waals surface area contributed by atoms with E-state index in [1.807, 2.05) is 35.7 Å². The average Bonchev–Trinajstić information content (AvgIpc) is 2.65. The van der Waals surface area contributed by atoms with Gasteiger partial charge in [0.05, 0.1) is 11.7 Å². The van der Waals surface area contributed by atoms with Gasteiger partial charge in [-0.25, -0.2) is 0 Å². The second-order valence-corrected chi connectivity index (χ2v) is 8.46. The van der Waals surface area contributed by atoms with Gasteiger partial charge in [-0.2, -0.15) is 0 Å². The third-order valence-electron chi connectivity index (χ3n) is 4.04. The summed E-state index contributed by atoms with van der Waals surface area (Å²) in [5.74, 6) is 0.893. The summed E-state index contributed by atoms with van der Waals surface area (Å²) in [4.78, 5) is 2.65. The molecule has 0 aromatic heterocycles. The fourth-order valence-corrected chi connectivity index (χ4v) is 5.21. The fourth-order valence-electron chi connectivity index (χ4n) is 2.53. The maximum atomic E-state index is 5.31. The fraction of sp³-hybridized carbons (Fsp3) is 0.182. The van der Waals surface area contributed by atoms with E-state index in [2.05, 4.69) is 74.5 Å². The molecule has 0 aliphatic carbocycles. The van der Waals surface area contributed by atoms with E-state index < -0.39 is 0 Å². The van der Waals surface area contributed by atoms with E-state index in [4.69, 9.17) is 4.74 Å². The van der Waals surface area contributed by atoms with Crippen LogP contribution in [0.1, 0.15) is 21.3 Å². The monoisotopic (exact) mass is 366 g/mol. The van der Waals surface area contributed by atoms with Crippen LogP contribution in [0.15, 0.2) is 82.6 Å².